The zero-order valence-corrected chi connectivity index (χ0v) is 16.1. The first kappa shape index (κ1) is 16.7. The molecule has 0 radical (unpaired) electrons. The standard InChI is InChI=1S/C24H24N2/c1-15-11-18(13-19(12-15)24(3,4)5)22-20-10-9-17-8-6-7-16(2)21(17)23(20)26-14-25-22/h6-14H,1-5H3. The van der Waals surface area contributed by atoms with Gasteiger partial charge in [-0.25, -0.2) is 9.97 Å². The van der Waals surface area contributed by atoms with Gasteiger partial charge in [-0.15, -0.1) is 0 Å². The van der Waals surface area contributed by atoms with Crippen molar-refractivity contribution < 1.29 is 0 Å². The Labute approximate surface area is 154 Å². The number of rotatable bonds is 1. The summed E-state index contributed by atoms with van der Waals surface area (Å²) in [4.78, 5) is 9.31. The van der Waals surface area contributed by atoms with Gasteiger partial charge < -0.3 is 0 Å². The van der Waals surface area contributed by atoms with Crippen LogP contribution in [0.5, 0.6) is 0 Å². The number of aromatic nitrogens is 2. The summed E-state index contributed by atoms with van der Waals surface area (Å²) < 4.78 is 0. The Kier molecular flexibility index (Phi) is 3.80. The van der Waals surface area contributed by atoms with E-state index in [4.69, 9.17) is 0 Å². The van der Waals surface area contributed by atoms with Gasteiger partial charge in [0.1, 0.15) is 6.33 Å². The van der Waals surface area contributed by atoms with Gasteiger partial charge in [0.15, 0.2) is 0 Å². The highest BCUT2D eigenvalue weighted by molar-refractivity contribution is 6.10. The van der Waals surface area contributed by atoms with E-state index in [0.29, 0.717) is 0 Å². The lowest BCUT2D eigenvalue weighted by Crippen LogP contribution is -2.11. The van der Waals surface area contributed by atoms with E-state index >= 15 is 0 Å². The molecule has 0 saturated heterocycles. The fourth-order valence-corrected chi connectivity index (χ4v) is 3.66. The molecule has 26 heavy (non-hydrogen) atoms. The van der Waals surface area contributed by atoms with Gasteiger partial charge in [-0.05, 0) is 54.0 Å². The van der Waals surface area contributed by atoms with Crippen molar-refractivity contribution in [3.05, 3.63) is 71.5 Å². The van der Waals surface area contributed by atoms with Gasteiger partial charge in [0.05, 0.1) is 11.2 Å². The Morgan fingerprint density at radius 1 is 0.846 bits per heavy atom. The maximum Gasteiger partial charge on any atom is 0.116 e. The van der Waals surface area contributed by atoms with Gasteiger partial charge in [0, 0.05) is 16.3 Å². The van der Waals surface area contributed by atoms with Gasteiger partial charge >= 0.3 is 0 Å². The summed E-state index contributed by atoms with van der Waals surface area (Å²) in [5.41, 5.74) is 7.14. The monoisotopic (exact) mass is 340 g/mol. The van der Waals surface area contributed by atoms with Crippen LogP contribution in [0.3, 0.4) is 0 Å². The summed E-state index contributed by atoms with van der Waals surface area (Å²) in [5, 5.41) is 3.55. The second-order valence-corrected chi connectivity index (χ2v) is 8.19. The van der Waals surface area contributed by atoms with Crippen molar-refractivity contribution >= 4 is 21.7 Å². The maximum atomic E-state index is 4.67. The largest absolute Gasteiger partial charge is 0.236 e. The van der Waals surface area contributed by atoms with Crippen LogP contribution in [0.25, 0.3) is 32.9 Å². The van der Waals surface area contributed by atoms with Crippen molar-refractivity contribution in [3.63, 3.8) is 0 Å². The Bertz CT molecular complexity index is 1130. The average molecular weight is 340 g/mol. The zero-order valence-electron chi connectivity index (χ0n) is 16.1. The first-order valence-electron chi connectivity index (χ1n) is 9.10. The van der Waals surface area contributed by atoms with E-state index in [9.17, 15) is 0 Å². The molecule has 0 spiro atoms. The van der Waals surface area contributed by atoms with Crippen molar-refractivity contribution in [3.8, 4) is 11.3 Å². The summed E-state index contributed by atoms with van der Waals surface area (Å²) >= 11 is 0. The number of aryl methyl sites for hydroxylation is 2. The fraction of sp³-hybridized carbons (Fsp3) is 0.250. The average Bonchev–Trinajstić information content (AvgIpc) is 2.59. The van der Waals surface area contributed by atoms with Crippen molar-refractivity contribution in [1.29, 1.82) is 0 Å². The summed E-state index contributed by atoms with van der Waals surface area (Å²) in [6.07, 6.45) is 1.70. The molecular weight excluding hydrogens is 316 g/mol. The molecule has 0 bridgehead atoms. The highest BCUT2D eigenvalue weighted by atomic mass is 14.8. The Balaban J connectivity index is 2.05. The molecule has 0 saturated carbocycles. The molecule has 130 valence electrons. The van der Waals surface area contributed by atoms with Crippen LogP contribution in [0.15, 0.2) is 54.9 Å². The zero-order chi connectivity index (χ0) is 18.5. The molecule has 0 aliphatic rings. The number of hydrogen-bond acceptors (Lipinski definition) is 2. The maximum absolute atomic E-state index is 4.67. The van der Waals surface area contributed by atoms with Crippen LogP contribution in [0.2, 0.25) is 0 Å². The Morgan fingerprint density at radius 2 is 1.65 bits per heavy atom. The van der Waals surface area contributed by atoms with Crippen molar-refractivity contribution in [2.45, 2.75) is 40.0 Å². The van der Waals surface area contributed by atoms with E-state index in [0.717, 1.165) is 22.2 Å². The van der Waals surface area contributed by atoms with Gasteiger partial charge in [-0.1, -0.05) is 56.7 Å². The first-order valence-corrected chi connectivity index (χ1v) is 9.10. The van der Waals surface area contributed by atoms with Gasteiger partial charge in [-0.2, -0.15) is 0 Å². The smallest absolute Gasteiger partial charge is 0.116 e. The predicted octanol–water partition coefficient (Wildman–Crippen LogP) is 6.36. The number of fused-ring (bicyclic) bond motifs is 3. The molecule has 0 N–H and O–H groups in total. The van der Waals surface area contributed by atoms with E-state index in [1.807, 2.05) is 0 Å². The molecule has 0 atom stereocenters. The minimum absolute atomic E-state index is 0.104. The Morgan fingerprint density at radius 3 is 2.42 bits per heavy atom. The molecule has 0 aliphatic heterocycles. The summed E-state index contributed by atoms with van der Waals surface area (Å²) in [6, 6.07) is 17.5. The first-order chi connectivity index (χ1) is 12.3. The summed E-state index contributed by atoms with van der Waals surface area (Å²) in [6.45, 7) is 11.1. The van der Waals surface area contributed by atoms with Crippen LogP contribution in [0.1, 0.15) is 37.5 Å². The van der Waals surface area contributed by atoms with Gasteiger partial charge in [0.25, 0.3) is 0 Å². The molecule has 0 amide bonds. The molecule has 0 aliphatic carbocycles. The lowest BCUT2D eigenvalue weighted by atomic mass is 9.84. The highest BCUT2D eigenvalue weighted by Gasteiger charge is 2.17. The van der Waals surface area contributed by atoms with Crippen LogP contribution >= 0.6 is 0 Å². The predicted molar refractivity (Wildman–Crippen MR) is 111 cm³/mol. The van der Waals surface area contributed by atoms with Crippen LogP contribution < -0.4 is 0 Å². The van der Waals surface area contributed by atoms with E-state index in [-0.39, 0.29) is 5.41 Å². The van der Waals surface area contributed by atoms with Crippen molar-refractivity contribution in [2.75, 3.05) is 0 Å². The van der Waals surface area contributed by atoms with E-state index in [1.165, 1.54) is 27.5 Å². The lowest BCUT2D eigenvalue weighted by molar-refractivity contribution is 0.590. The van der Waals surface area contributed by atoms with E-state index in [1.54, 1.807) is 6.33 Å². The van der Waals surface area contributed by atoms with Crippen LogP contribution in [-0.2, 0) is 5.41 Å². The molecule has 1 aromatic heterocycles. The third-order valence-electron chi connectivity index (χ3n) is 5.07. The third kappa shape index (κ3) is 2.76. The molecule has 4 aromatic rings. The minimum atomic E-state index is 0.104. The molecule has 1 heterocycles. The number of hydrogen-bond donors (Lipinski definition) is 0. The van der Waals surface area contributed by atoms with Gasteiger partial charge in [-0.3, -0.25) is 0 Å². The molecule has 0 fully saturated rings. The summed E-state index contributed by atoms with van der Waals surface area (Å²) in [5.74, 6) is 0. The second-order valence-electron chi connectivity index (χ2n) is 8.19. The lowest BCUT2D eigenvalue weighted by Gasteiger charge is -2.21. The quantitative estimate of drug-likeness (QED) is 0.377. The van der Waals surface area contributed by atoms with Crippen LogP contribution in [-0.4, -0.2) is 9.97 Å². The fourth-order valence-electron chi connectivity index (χ4n) is 3.66. The van der Waals surface area contributed by atoms with Crippen molar-refractivity contribution in [2.24, 2.45) is 0 Å². The molecular formula is C24H24N2. The number of benzene rings is 3. The van der Waals surface area contributed by atoms with E-state index in [2.05, 4.69) is 93.1 Å². The number of nitrogens with zero attached hydrogens (tertiary/aromatic N) is 2. The topological polar surface area (TPSA) is 25.8 Å². The molecule has 3 aromatic carbocycles. The van der Waals surface area contributed by atoms with E-state index < -0.39 is 0 Å². The molecule has 0 unspecified atom stereocenters. The SMILES string of the molecule is Cc1cc(-c2ncnc3c2ccc2cccc(C)c23)cc(C(C)(C)C)c1. The highest BCUT2D eigenvalue weighted by Crippen LogP contribution is 2.34. The van der Waals surface area contributed by atoms with Crippen LogP contribution in [0.4, 0.5) is 0 Å². The van der Waals surface area contributed by atoms with Crippen LogP contribution in [0, 0.1) is 13.8 Å². The second kappa shape index (κ2) is 5.91. The molecule has 2 nitrogen and oxygen atoms in total. The molecule has 2 heteroatoms. The molecule has 4 rings (SSSR count). The minimum Gasteiger partial charge on any atom is -0.236 e. The summed E-state index contributed by atoms with van der Waals surface area (Å²) in [7, 11) is 0. The third-order valence-corrected chi connectivity index (χ3v) is 5.07. The normalized spacial score (nSPS) is 12.0. The Hall–Kier alpha value is -2.74. The van der Waals surface area contributed by atoms with Gasteiger partial charge in [0.2, 0.25) is 0 Å². The van der Waals surface area contributed by atoms with Crippen molar-refractivity contribution in [1.82, 2.24) is 9.97 Å².